The number of likely N-dealkylation sites (N-methyl/N-ethyl adjacent to an activating group) is 1. The van der Waals surface area contributed by atoms with Gasteiger partial charge in [-0.1, -0.05) is 35.9 Å². The molecule has 0 saturated carbocycles. The van der Waals surface area contributed by atoms with Crippen LogP contribution in [0.5, 0.6) is 11.6 Å². The summed E-state index contributed by atoms with van der Waals surface area (Å²) in [6, 6.07) is 15.3. The Morgan fingerprint density at radius 2 is 1.64 bits per heavy atom. The Kier molecular flexibility index (Phi) is 4.42. The van der Waals surface area contributed by atoms with E-state index in [2.05, 4.69) is 16.8 Å². The molecule has 3 aromatic rings. The van der Waals surface area contributed by atoms with Crippen molar-refractivity contribution in [2.75, 3.05) is 38.1 Å². The molecule has 2 aromatic carbocycles. The lowest BCUT2D eigenvalue weighted by Crippen LogP contribution is -2.45. The number of piperazine rings is 1. The maximum atomic E-state index is 6.25. The number of para-hydroxylation sites is 2. The molecule has 1 fully saturated rings. The predicted octanol–water partition coefficient (Wildman–Crippen LogP) is 3.83. The number of nitrogens with zero attached hydrogens (tertiary/aromatic N) is 4. The number of halogens is 1. The maximum absolute atomic E-state index is 6.25. The van der Waals surface area contributed by atoms with E-state index in [1.165, 1.54) is 0 Å². The van der Waals surface area contributed by atoms with Gasteiger partial charge in [0.05, 0.1) is 15.9 Å². The Morgan fingerprint density at radius 1 is 0.920 bits per heavy atom. The van der Waals surface area contributed by atoms with Crippen LogP contribution in [-0.2, 0) is 0 Å². The van der Waals surface area contributed by atoms with E-state index < -0.39 is 0 Å². The Labute approximate surface area is 151 Å². The van der Waals surface area contributed by atoms with Gasteiger partial charge in [-0.25, -0.2) is 4.98 Å². The van der Waals surface area contributed by atoms with E-state index in [1.54, 1.807) is 0 Å². The molecule has 5 nitrogen and oxygen atoms in total. The molecule has 1 saturated heterocycles. The van der Waals surface area contributed by atoms with Crippen molar-refractivity contribution in [3.63, 3.8) is 0 Å². The summed E-state index contributed by atoms with van der Waals surface area (Å²) in [5.74, 6) is 1.83. The number of hydrogen-bond donors (Lipinski definition) is 0. The minimum absolute atomic E-state index is 0.535. The average Bonchev–Trinajstić information content (AvgIpc) is 2.64. The van der Waals surface area contributed by atoms with Crippen molar-refractivity contribution in [1.29, 1.82) is 0 Å². The standard InChI is InChI=1S/C19H19ClN4O/c1-23-10-12-24(13-11-23)19-21-16-8-4-2-6-14(16)18(22-19)25-17-9-5-3-7-15(17)20/h2-9H,10-13H2,1H3. The zero-order valence-electron chi connectivity index (χ0n) is 14.0. The van der Waals surface area contributed by atoms with Crippen LogP contribution in [-0.4, -0.2) is 48.1 Å². The fourth-order valence-corrected chi connectivity index (χ4v) is 3.07. The first-order valence-corrected chi connectivity index (χ1v) is 8.71. The van der Waals surface area contributed by atoms with Gasteiger partial charge in [0.15, 0.2) is 0 Å². The predicted molar refractivity (Wildman–Crippen MR) is 101 cm³/mol. The molecule has 0 aliphatic carbocycles. The lowest BCUT2D eigenvalue weighted by atomic mass is 10.2. The molecular weight excluding hydrogens is 336 g/mol. The van der Waals surface area contributed by atoms with Crippen LogP contribution >= 0.6 is 11.6 Å². The summed E-state index contributed by atoms with van der Waals surface area (Å²) in [5.41, 5.74) is 0.869. The van der Waals surface area contributed by atoms with Gasteiger partial charge in [0.1, 0.15) is 5.75 Å². The summed E-state index contributed by atoms with van der Waals surface area (Å²) in [7, 11) is 2.13. The van der Waals surface area contributed by atoms with Crippen molar-refractivity contribution in [3.05, 3.63) is 53.6 Å². The lowest BCUT2D eigenvalue weighted by molar-refractivity contribution is 0.311. The second kappa shape index (κ2) is 6.86. The zero-order valence-corrected chi connectivity index (χ0v) is 14.8. The maximum Gasteiger partial charge on any atom is 0.232 e. The van der Waals surface area contributed by atoms with Gasteiger partial charge >= 0.3 is 0 Å². The van der Waals surface area contributed by atoms with Crippen molar-refractivity contribution in [2.24, 2.45) is 0 Å². The van der Waals surface area contributed by atoms with Gasteiger partial charge < -0.3 is 14.5 Å². The third-order valence-electron chi connectivity index (χ3n) is 4.39. The summed E-state index contributed by atoms with van der Waals surface area (Å²) in [6.45, 7) is 3.80. The van der Waals surface area contributed by atoms with Crippen LogP contribution in [0.3, 0.4) is 0 Å². The average molecular weight is 355 g/mol. The second-order valence-electron chi connectivity index (χ2n) is 6.17. The first-order valence-electron chi connectivity index (χ1n) is 8.33. The Balaban J connectivity index is 1.75. The third kappa shape index (κ3) is 3.38. The number of fused-ring (bicyclic) bond motifs is 1. The number of hydrogen-bond acceptors (Lipinski definition) is 5. The Morgan fingerprint density at radius 3 is 2.44 bits per heavy atom. The van der Waals surface area contributed by atoms with E-state index in [1.807, 2.05) is 48.5 Å². The molecule has 0 N–H and O–H groups in total. The molecule has 0 radical (unpaired) electrons. The van der Waals surface area contributed by atoms with Gasteiger partial charge in [-0.3, -0.25) is 0 Å². The van der Waals surface area contributed by atoms with E-state index in [4.69, 9.17) is 26.3 Å². The van der Waals surface area contributed by atoms with Crippen LogP contribution < -0.4 is 9.64 Å². The third-order valence-corrected chi connectivity index (χ3v) is 4.70. The first-order chi connectivity index (χ1) is 12.2. The molecule has 25 heavy (non-hydrogen) atoms. The molecule has 0 bridgehead atoms. The number of anilines is 1. The Bertz CT molecular complexity index is 893. The van der Waals surface area contributed by atoms with Crippen LogP contribution in [0, 0.1) is 0 Å². The van der Waals surface area contributed by atoms with Gasteiger partial charge in [0, 0.05) is 26.2 Å². The normalized spacial score (nSPS) is 15.5. The molecule has 1 aliphatic rings. The van der Waals surface area contributed by atoms with Crippen LogP contribution in [0.4, 0.5) is 5.95 Å². The highest BCUT2D eigenvalue weighted by atomic mass is 35.5. The molecule has 1 aromatic heterocycles. The Hall–Kier alpha value is -2.37. The molecule has 4 rings (SSSR count). The lowest BCUT2D eigenvalue weighted by Gasteiger charge is -2.32. The van der Waals surface area contributed by atoms with Gasteiger partial charge in [-0.05, 0) is 31.3 Å². The van der Waals surface area contributed by atoms with E-state index >= 15 is 0 Å². The highest BCUT2D eigenvalue weighted by molar-refractivity contribution is 6.32. The monoisotopic (exact) mass is 354 g/mol. The van der Waals surface area contributed by atoms with Gasteiger partial charge in [0.25, 0.3) is 0 Å². The van der Waals surface area contributed by atoms with Crippen LogP contribution in [0.2, 0.25) is 5.02 Å². The highest BCUT2D eigenvalue weighted by Crippen LogP contribution is 2.33. The summed E-state index contributed by atoms with van der Waals surface area (Å²) >= 11 is 6.25. The van der Waals surface area contributed by atoms with Crippen LogP contribution in [0.1, 0.15) is 0 Å². The molecule has 2 heterocycles. The summed E-state index contributed by atoms with van der Waals surface area (Å²) in [5, 5.41) is 1.44. The minimum atomic E-state index is 0.535. The van der Waals surface area contributed by atoms with E-state index in [0.717, 1.165) is 37.1 Å². The van der Waals surface area contributed by atoms with Gasteiger partial charge in [-0.15, -0.1) is 0 Å². The van der Waals surface area contributed by atoms with E-state index in [0.29, 0.717) is 22.6 Å². The summed E-state index contributed by atoms with van der Waals surface area (Å²) in [6.07, 6.45) is 0. The molecule has 0 amide bonds. The largest absolute Gasteiger partial charge is 0.437 e. The first kappa shape index (κ1) is 16.1. The molecule has 128 valence electrons. The molecule has 6 heteroatoms. The molecule has 1 aliphatic heterocycles. The van der Waals surface area contributed by atoms with Gasteiger partial charge in [-0.2, -0.15) is 4.98 Å². The molecule has 0 atom stereocenters. The number of aromatic nitrogens is 2. The fraction of sp³-hybridized carbons (Fsp3) is 0.263. The number of ether oxygens (including phenoxy) is 1. The van der Waals surface area contributed by atoms with Gasteiger partial charge in [0.2, 0.25) is 11.8 Å². The molecular formula is C19H19ClN4O. The van der Waals surface area contributed by atoms with Crippen molar-refractivity contribution in [1.82, 2.24) is 14.9 Å². The fourth-order valence-electron chi connectivity index (χ4n) is 2.89. The second-order valence-corrected chi connectivity index (χ2v) is 6.58. The van der Waals surface area contributed by atoms with Crippen molar-refractivity contribution < 1.29 is 4.74 Å². The number of rotatable bonds is 3. The smallest absolute Gasteiger partial charge is 0.232 e. The van der Waals surface area contributed by atoms with Crippen LogP contribution in [0.25, 0.3) is 10.9 Å². The minimum Gasteiger partial charge on any atom is -0.437 e. The topological polar surface area (TPSA) is 41.5 Å². The van der Waals surface area contributed by atoms with Crippen molar-refractivity contribution >= 4 is 28.5 Å². The van der Waals surface area contributed by atoms with Crippen LogP contribution in [0.15, 0.2) is 48.5 Å². The molecule has 0 unspecified atom stereocenters. The quantitative estimate of drug-likeness (QED) is 0.715. The summed E-state index contributed by atoms with van der Waals surface area (Å²) < 4.78 is 6.05. The zero-order chi connectivity index (χ0) is 17.2. The number of benzene rings is 2. The highest BCUT2D eigenvalue weighted by Gasteiger charge is 2.19. The SMILES string of the molecule is CN1CCN(c2nc(Oc3ccccc3Cl)c3ccccc3n2)CC1. The van der Waals surface area contributed by atoms with Crippen molar-refractivity contribution in [3.8, 4) is 11.6 Å². The van der Waals surface area contributed by atoms with E-state index in [-0.39, 0.29) is 0 Å². The van der Waals surface area contributed by atoms with Crippen molar-refractivity contribution in [2.45, 2.75) is 0 Å². The molecule has 0 spiro atoms. The summed E-state index contributed by atoms with van der Waals surface area (Å²) in [4.78, 5) is 13.9. The van der Waals surface area contributed by atoms with E-state index in [9.17, 15) is 0 Å².